The van der Waals surface area contributed by atoms with Crippen LogP contribution in [0.4, 0.5) is 38.1 Å². The smallest absolute Gasteiger partial charge is 0.420 e. The number of aryl methyl sites for hydroxylation is 1. The van der Waals surface area contributed by atoms with Crippen molar-refractivity contribution >= 4 is 28.4 Å². The Kier molecular flexibility index (Phi) is 6.95. The van der Waals surface area contributed by atoms with E-state index in [-0.39, 0.29) is 5.69 Å². The van der Waals surface area contributed by atoms with Gasteiger partial charge in [-0.25, -0.2) is 18.6 Å². The molecular formula is C24H19F5N4O3. The van der Waals surface area contributed by atoms with E-state index in [1.165, 1.54) is 0 Å². The van der Waals surface area contributed by atoms with Crippen LogP contribution in [0.15, 0.2) is 67.0 Å². The summed E-state index contributed by atoms with van der Waals surface area (Å²) in [6, 6.07) is 11.7. The summed E-state index contributed by atoms with van der Waals surface area (Å²) in [5.74, 6) is 0.332. The average molecular weight is 506 g/mol. The molecule has 12 heteroatoms. The number of nitrogens with zero attached hydrogens (tertiary/aromatic N) is 2. The van der Waals surface area contributed by atoms with E-state index in [1.807, 2.05) is 23.9 Å². The third kappa shape index (κ3) is 5.82. The van der Waals surface area contributed by atoms with Gasteiger partial charge in [0.05, 0.1) is 10.9 Å². The molecule has 2 aromatic carbocycles. The number of ether oxygens (including phenoxy) is 2. The van der Waals surface area contributed by atoms with Crippen LogP contribution in [0.5, 0.6) is 17.2 Å². The number of rotatable bonds is 7. The molecule has 0 aliphatic rings. The zero-order valence-corrected chi connectivity index (χ0v) is 18.6. The Labute approximate surface area is 201 Å². The maximum atomic E-state index is 13.3. The minimum absolute atomic E-state index is 0.200. The Hall–Kier alpha value is -4.35. The number of halogens is 5. The molecule has 0 aliphatic carbocycles. The number of urea groups is 1. The summed E-state index contributed by atoms with van der Waals surface area (Å²) in [6.07, 6.45) is -4.32. The van der Waals surface area contributed by atoms with Crippen LogP contribution in [-0.2, 0) is 13.2 Å². The number of anilines is 2. The van der Waals surface area contributed by atoms with Crippen molar-refractivity contribution in [1.82, 2.24) is 9.55 Å². The zero-order chi connectivity index (χ0) is 25.9. The molecular weight excluding hydrogens is 487 g/mol. The number of hydrogen-bond acceptors (Lipinski definition) is 4. The normalized spacial score (nSPS) is 11.5. The fraction of sp³-hybridized carbons (Fsp3) is 0.167. The Bertz CT molecular complexity index is 1370. The number of aromatic nitrogens is 2. The standard InChI is InChI=1S/C24H19F5N4O3/c1-33-11-9-17-19(8-10-30-22(17)33)36-16-5-2-14(3-6-16)31-23(34)32-15-4-7-20(35-13-21(25)26)18(12-15)24(27,28)29/h2-12,21H,13H2,1H3,(H2,31,32,34). The summed E-state index contributed by atoms with van der Waals surface area (Å²) in [6.45, 7) is -1.19. The largest absolute Gasteiger partial charge is 0.487 e. The molecule has 0 bridgehead atoms. The van der Waals surface area contributed by atoms with Gasteiger partial charge in [0.2, 0.25) is 0 Å². The topological polar surface area (TPSA) is 77.4 Å². The van der Waals surface area contributed by atoms with Gasteiger partial charge in [0.15, 0.2) is 0 Å². The Morgan fingerprint density at radius 3 is 2.39 bits per heavy atom. The van der Waals surface area contributed by atoms with E-state index in [2.05, 4.69) is 20.4 Å². The summed E-state index contributed by atoms with van der Waals surface area (Å²) in [4.78, 5) is 16.6. The second-order valence-electron chi connectivity index (χ2n) is 7.59. The number of hydrogen-bond donors (Lipinski definition) is 2. The number of fused-ring (bicyclic) bond motifs is 1. The highest BCUT2D eigenvalue weighted by atomic mass is 19.4. The molecule has 2 heterocycles. The van der Waals surface area contributed by atoms with Gasteiger partial charge in [0.1, 0.15) is 29.5 Å². The lowest BCUT2D eigenvalue weighted by Crippen LogP contribution is -2.20. The van der Waals surface area contributed by atoms with Crippen molar-refractivity contribution in [3.05, 3.63) is 72.6 Å². The molecule has 2 amide bonds. The summed E-state index contributed by atoms with van der Waals surface area (Å²) in [7, 11) is 1.87. The molecule has 2 aromatic heterocycles. The van der Waals surface area contributed by atoms with E-state index >= 15 is 0 Å². The minimum Gasteiger partial charge on any atom is -0.487 e. The van der Waals surface area contributed by atoms with Crippen molar-refractivity contribution in [3.8, 4) is 17.2 Å². The average Bonchev–Trinajstić information content (AvgIpc) is 3.20. The van der Waals surface area contributed by atoms with Gasteiger partial charge in [-0.2, -0.15) is 13.2 Å². The molecule has 0 aliphatic heterocycles. The first-order valence-electron chi connectivity index (χ1n) is 10.5. The lowest BCUT2D eigenvalue weighted by Gasteiger charge is -2.16. The zero-order valence-electron chi connectivity index (χ0n) is 18.6. The summed E-state index contributed by atoms with van der Waals surface area (Å²) in [5.41, 5.74) is -0.378. The summed E-state index contributed by atoms with van der Waals surface area (Å²) < 4.78 is 76.9. The van der Waals surface area contributed by atoms with Crippen molar-refractivity contribution in [2.24, 2.45) is 7.05 Å². The lowest BCUT2D eigenvalue weighted by molar-refractivity contribution is -0.139. The number of carbonyl (C=O) groups is 1. The second-order valence-corrected chi connectivity index (χ2v) is 7.59. The van der Waals surface area contributed by atoms with Crippen molar-refractivity contribution in [2.45, 2.75) is 12.6 Å². The van der Waals surface area contributed by atoms with Crippen LogP contribution in [0.1, 0.15) is 5.56 Å². The molecule has 36 heavy (non-hydrogen) atoms. The summed E-state index contributed by atoms with van der Waals surface area (Å²) in [5, 5.41) is 5.60. The highest BCUT2D eigenvalue weighted by molar-refractivity contribution is 5.99. The van der Waals surface area contributed by atoms with E-state index in [9.17, 15) is 26.7 Å². The van der Waals surface area contributed by atoms with E-state index in [1.54, 1.807) is 36.5 Å². The van der Waals surface area contributed by atoms with Gasteiger partial charge in [-0.1, -0.05) is 0 Å². The van der Waals surface area contributed by atoms with Crippen LogP contribution in [0.2, 0.25) is 0 Å². The Morgan fingerprint density at radius 2 is 1.69 bits per heavy atom. The Balaban J connectivity index is 1.41. The molecule has 2 N–H and O–H groups in total. The fourth-order valence-electron chi connectivity index (χ4n) is 3.36. The predicted octanol–water partition coefficient (Wildman–Crippen LogP) is 6.67. The van der Waals surface area contributed by atoms with Gasteiger partial charge in [-0.15, -0.1) is 0 Å². The quantitative estimate of drug-likeness (QED) is 0.275. The van der Waals surface area contributed by atoms with Crippen molar-refractivity contribution in [2.75, 3.05) is 17.2 Å². The molecule has 188 valence electrons. The number of nitrogens with one attached hydrogen (secondary N) is 2. The van der Waals surface area contributed by atoms with Crippen molar-refractivity contribution in [3.63, 3.8) is 0 Å². The van der Waals surface area contributed by atoms with Gasteiger partial charge in [0.25, 0.3) is 6.43 Å². The van der Waals surface area contributed by atoms with Crippen LogP contribution in [-0.4, -0.2) is 28.6 Å². The second kappa shape index (κ2) is 10.1. The molecule has 0 fully saturated rings. The van der Waals surface area contributed by atoms with Gasteiger partial charge >= 0.3 is 12.2 Å². The highest BCUT2D eigenvalue weighted by Gasteiger charge is 2.35. The number of carbonyl (C=O) groups excluding carboxylic acids is 1. The summed E-state index contributed by atoms with van der Waals surface area (Å²) >= 11 is 0. The van der Waals surface area contributed by atoms with E-state index in [0.29, 0.717) is 23.3 Å². The molecule has 0 atom stereocenters. The molecule has 0 spiro atoms. The Morgan fingerprint density at radius 1 is 1.00 bits per heavy atom. The van der Waals surface area contributed by atoms with Gasteiger partial charge < -0.3 is 24.7 Å². The number of benzene rings is 2. The predicted molar refractivity (Wildman–Crippen MR) is 123 cm³/mol. The van der Waals surface area contributed by atoms with E-state index < -0.39 is 36.6 Å². The van der Waals surface area contributed by atoms with Crippen molar-refractivity contribution in [1.29, 1.82) is 0 Å². The fourth-order valence-corrected chi connectivity index (χ4v) is 3.36. The number of amides is 2. The first-order chi connectivity index (χ1) is 17.1. The molecule has 4 aromatic rings. The van der Waals surface area contributed by atoms with E-state index in [4.69, 9.17) is 4.74 Å². The maximum Gasteiger partial charge on any atom is 0.420 e. The molecule has 0 unspecified atom stereocenters. The molecule has 7 nitrogen and oxygen atoms in total. The van der Waals surface area contributed by atoms with Crippen molar-refractivity contribution < 1.29 is 36.2 Å². The van der Waals surface area contributed by atoms with Crippen LogP contribution in [0, 0.1) is 0 Å². The third-order valence-electron chi connectivity index (χ3n) is 4.98. The number of pyridine rings is 1. The molecule has 0 saturated carbocycles. The minimum atomic E-state index is -4.87. The monoisotopic (exact) mass is 506 g/mol. The van der Waals surface area contributed by atoms with Crippen LogP contribution < -0.4 is 20.1 Å². The van der Waals surface area contributed by atoms with E-state index in [0.717, 1.165) is 23.2 Å². The van der Waals surface area contributed by atoms with Crippen LogP contribution in [0.25, 0.3) is 11.0 Å². The van der Waals surface area contributed by atoms with Crippen LogP contribution >= 0.6 is 0 Å². The third-order valence-corrected chi connectivity index (χ3v) is 4.98. The highest BCUT2D eigenvalue weighted by Crippen LogP contribution is 2.38. The van der Waals surface area contributed by atoms with Gasteiger partial charge in [-0.3, -0.25) is 0 Å². The molecule has 0 radical (unpaired) electrons. The van der Waals surface area contributed by atoms with Crippen LogP contribution in [0.3, 0.4) is 0 Å². The SMILES string of the molecule is Cn1ccc2c(Oc3ccc(NC(=O)Nc4ccc(OCC(F)F)c(C(F)(F)F)c4)cc3)ccnc21. The first kappa shape index (κ1) is 24.8. The first-order valence-corrected chi connectivity index (χ1v) is 10.5. The van der Waals surface area contributed by atoms with Gasteiger partial charge in [0, 0.05) is 30.8 Å². The lowest BCUT2D eigenvalue weighted by atomic mass is 10.1. The molecule has 4 rings (SSSR count). The number of alkyl halides is 5. The maximum absolute atomic E-state index is 13.3. The van der Waals surface area contributed by atoms with Gasteiger partial charge in [-0.05, 0) is 54.6 Å². The molecule has 0 saturated heterocycles.